The van der Waals surface area contributed by atoms with Gasteiger partial charge in [-0.3, -0.25) is 5.01 Å². The van der Waals surface area contributed by atoms with E-state index in [2.05, 4.69) is 5.10 Å². The van der Waals surface area contributed by atoms with Crippen molar-refractivity contribution in [1.29, 1.82) is 0 Å². The highest BCUT2D eigenvalue weighted by Crippen LogP contribution is 2.39. The van der Waals surface area contributed by atoms with Crippen molar-refractivity contribution in [3.05, 3.63) is 22.2 Å². The summed E-state index contributed by atoms with van der Waals surface area (Å²) in [4.78, 5) is 0. The molecule has 3 rings (SSSR count). The maximum Gasteiger partial charge on any atom is 0.486 e. The second-order valence-electron chi connectivity index (χ2n) is 5.47. The zero-order valence-electron chi connectivity index (χ0n) is 11.4. The molecule has 0 spiro atoms. The minimum atomic E-state index is -1.56. The maximum absolute atomic E-state index is 9.58. The van der Waals surface area contributed by atoms with Gasteiger partial charge in [-0.15, -0.1) is 0 Å². The largest absolute Gasteiger partial charge is 0.486 e. The first kappa shape index (κ1) is 14.1. The predicted molar refractivity (Wildman–Crippen MR) is 78.0 cm³/mol. The highest BCUT2D eigenvalue weighted by Gasteiger charge is 2.43. The highest BCUT2D eigenvalue weighted by molar-refractivity contribution is 6.55. The lowest BCUT2D eigenvalue weighted by molar-refractivity contribution is -0.0932. The van der Waals surface area contributed by atoms with E-state index in [9.17, 15) is 10.0 Å². The van der Waals surface area contributed by atoms with Crippen molar-refractivity contribution in [2.45, 2.75) is 38.5 Å². The maximum atomic E-state index is 9.58. The van der Waals surface area contributed by atoms with E-state index in [0.29, 0.717) is 10.5 Å². The van der Waals surface area contributed by atoms with Crippen LogP contribution < -0.4 is 0 Å². The summed E-state index contributed by atoms with van der Waals surface area (Å²) in [5, 5.41) is 26.0. The van der Waals surface area contributed by atoms with Crippen molar-refractivity contribution in [2.75, 3.05) is 6.61 Å². The van der Waals surface area contributed by atoms with Gasteiger partial charge >= 0.3 is 7.12 Å². The summed E-state index contributed by atoms with van der Waals surface area (Å²) in [6.07, 6.45) is 6.90. The van der Waals surface area contributed by atoms with E-state index in [1.807, 2.05) is 18.0 Å². The molecule has 0 aromatic heterocycles. The van der Waals surface area contributed by atoms with Crippen molar-refractivity contribution < 1.29 is 14.8 Å². The van der Waals surface area contributed by atoms with E-state index >= 15 is 0 Å². The van der Waals surface area contributed by atoms with Crippen molar-refractivity contribution in [3.63, 3.8) is 0 Å². The van der Waals surface area contributed by atoms with Gasteiger partial charge in [0, 0.05) is 23.8 Å². The molecule has 5 nitrogen and oxygen atoms in total. The Kier molecular flexibility index (Phi) is 3.90. The third-order valence-corrected chi connectivity index (χ3v) is 4.66. The van der Waals surface area contributed by atoms with Crippen LogP contribution in [0.1, 0.15) is 26.2 Å². The number of hydrogen-bond acceptors (Lipinski definition) is 5. The third-order valence-electron chi connectivity index (χ3n) is 4.14. The predicted octanol–water partition coefficient (Wildman–Crippen LogP) is 1.26. The molecule has 0 aromatic carbocycles. The van der Waals surface area contributed by atoms with Gasteiger partial charge in [-0.1, -0.05) is 17.7 Å². The van der Waals surface area contributed by atoms with Crippen molar-refractivity contribution in [2.24, 2.45) is 11.0 Å². The van der Waals surface area contributed by atoms with E-state index in [4.69, 9.17) is 16.3 Å². The fraction of sp³-hybridized carbons (Fsp3) is 0.615. The van der Waals surface area contributed by atoms with Gasteiger partial charge in [0.15, 0.2) is 0 Å². The molecule has 7 heteroatoms. The number of hydrogen-bond donors (Lipinski definition) is 2. The van der Waals surface area contributed by atoms with Gasteiger partial charge in [0.05, 0.1) is 6.04 Å². The van der Waals surface area contributed by atoms with Crippen LogP contribution in [0.25, 0.3) is 0 Å². The number of rotatable bonds is 2. The van der Waals surface area contributed by atoms with E-state index in [1.165, 1.54) is 0 Å². The van der Waals surface area contributed by atoms with Crippen molar-refractivity contribution >= 4 is 24.9 Å². The molecule has 2 heterocycles. The molecule has 3 atom stereocenters. The first-order valence-electron chi connectivity index (χ1n) is 6.98. The summed E-state index contributed by atoms with van der Waals surface area (Å²) in [5.41, 5.74) is 1.28. The first-order chi connectivity index (χ1) is 9.59. The molecular formula is C13H18BClN2O3. The van der Waals surface area contributed by atoms with Crippen LogP contribution in [0, 0.1) is 5.92 Å². The number of nitrogens with zero attached hydrogens (tertiary/aromatic N) is 2. The molecule has 1 fully saturated rings. The van der Waals surface area contributed by atoms with Crippen LogP contribution in [0.3, 0.4) is 0 Å². The SMILES string of the molecule is CC1=CC2C(C=NN2C2CCCCO2)C(B(O)O)=C1Cl. The Hall–Kier alpha value is -0.815. The van der Waals surface area contributed by atoms with Crippen LogP contribution in [0.5, 0.6) is 0 Å². The molecule has 108 valence electrons. The summed E-state index contributed by atoms with van der Waals surface area (Å²) in [6, 6.07) is -0.0441. The Morgan fingerprint density at radius 1 is 1.45 bits per heavy atom. The smallest absolute Gasteiger partial charge is 0.423 e. The van der Waals surface area contributed by atoms with Gasteiger partial charge in [-0.05, 0) is 37.2 Å². The van der Waals surface area contributed by atoms with E-state index in [-0.39, 0.29) is 18.2 Å². The van der Waals surface area contributed by atoms with Gasteiger partial charge in [0.1, 0.15) is 6.23 Å². The standard InChI is InChI=1S/C13H18BClN2O3/c1-8-6-10-9(12(13(8)15)14(18)19)7-16-17(10)11-4-2-3-5-20-11/h6-7,9-11,18-19H,2-5H2,1H3. The Balaban J connectivity index is 1.87. The number of hydrazone groups is 1. The second kappa shape index (κ2) is 5.52. The summed E-state index contributed by atoms with van der Waals surface area (Å²) >= 11 is 6.21. The minimum Gasteiger partial charge on any atom is -0.423 e. The molecule has 3 unspecified atom stereocenters. The number of halogens is 1. The molecule has 0 aromatic rings. The van der Waals surface area contributed by atoms with Gasteiger partial charge in [0.2, 0.25) is 0 Å². The van der Waals surface area contributed by atoms with Gasteiger partial charge < -0.3 is 14.8 Å². The lowest BCUT2D eigenvalue weighted by Crippen LogP contribution is -2.44. The minimum absolute atomic E-state index is 0.0342. The molecule has 2 N–H and O–H groups in total. The zero-order valence-corrected chi connectivity index (χ0v) is 12.1. The van der Waals surface area contributed by atoms with Crippen LogP contribution in [-0.4, -0.2) is 47.3 Å². The summed E-state index contributed by atoms with van der Waals surface area (Å²) in [5.74, 6) is -0.197. The molecule has 0 bridgehead atoms. The van der Waals surface area contributed by atoms with Crippen LogP contribution >= 0.6 is 11.6 Å². The van der Waals surface area contributed by atoms with Crippen molar-refractivity contribution in [1.82, 2.24) is 5.01 Å². The Labute approximate surface area is 123 Å². The lowest BCUT2D eigenvalue weighted by Gasteiger charge is -2.37. The molecular weight excluding hydrogens is 278 g/mol. The Bertz CT molecular complexity index is 486. The second-order valence-corrected chi connectivity index (χ2v) is 5.85. The number of fused-ring (bicyclic) bond motifs is 1. The normalized spacial score (nSPS) is 33.3. The summed E-state index contributed by atoms with van der Waals surface area (Å²) < 4.78 is 5.78. The molecule has 0 radical (unpaired) electrons. The molecule has 20 heavy (non-hydrogen) atoms. The van der Waals surface area contributed by atoms with E-state index in [1.54, 1.807) is 6.21 Å². The topological polar surface area (TPSA) is 65.3 Å². The average Bonchev–Trinajstić information content (AvgIpc) is 2.83. The summed E-state index contributed by atoms with van der Waals surface area (Å²) in [7, 11) is -1.56. The molecule has 1 aliphatic carbocycles. The number of allylic oxidation sites excluding steroid dienone is 2. The molecule has 0 amide bonds. The van der Waals surface area contributed by atoms with E-state index < -0.39 is 7.12 Å². The molecule has 0 saturated carbocycles. The lowest BCUT2D eigenvalue weighted by atomic mass is 9.67. The molecule has 1 saturated heterocycles. The fourth-order valence-corrected chi connectivity index (χ4v) is 3.40. The van der Waals surface area contributed by atoms with Crippen molar-refractivity contribution in [3.8, 4) is 0 Å². The average molecular weight is 297 g/mol. The Morgan fingerprint density at radius 2 is 2.25 bits per heavy atom. The Morgan fingerprint density at radius 3 is 2.90 bits per heavy atom. The fourth-order valence-electron chi connectivity index (χ4n) is 3.11. The summed E-state index contributed by atoms with van der Waals surface area (Å²) in [6.45, 7) is 2.63. The molecule has 3 aliphatic rings. The highest BCUT2D eigenvalue weighted by atomic mass is 35.5. The third kappa shape index (κ3) is 2.31. The quantitative estimate of drug-likeness (QED) is 0.753. The van der Waals surface area contributed by atoms with Gasteiger partial charge in [0.25, 0.3) is 0 Å². The zero-order chi connectivity index (χ0) is 14.3. The molecule has 2 aliphatic heterocycles. The van der Waals surface area contributed by atoms with Gasteiger partial charge in [-0.25, -0.2) is 0 Å². The van der Waals surface area contributed by atoms with E-state index in [0.717, 1.165) is 31.4 Å². The van der Waals surface area contributed by atoms with Crippen LogP contribution in [0.15, 0.2) is 27.3 Å². The van der Waals surface area contributed by atoms with Crippen LogP contribution in [-0.2, 0) is 4.74 Å². The van der Waals surface area contributed by atoms with Crippen LogP contribution in [0.4, 0.5) is 0 Å². The monoisotopic (exact) mass is 296 g/mol. The number of ether oxygens (including phenoxy) is 1. The van der Waals surface area contributed by atoms with Crippen LogP contribution in [0.2, 0.25) is 0 Å². The first-order valence-corrected chi connectivity index (χ1v) is 7.36. The van der Waals surface area contributed by atoms with Gasteiger partial charge in [-0.2, -0.15) is 5.10 Å².